The van der Waals surface area contributed by atoms with Crippen molar-refractivity contribution in [2.45, 2.75) is 11.5 Å². The van der Waals surface area contributed by atoms with Gasteiger partial charge in [-0.05, 0) is 35.9 Å². The Bertz CT molecular complexity index is 724. The van der Waals surface area contributed by atoms with Crippen molar-refractivity contribution in [2.24, 2.45) is 0 Å². The number of sulfone groups is 1. The van der Waals surface area contributed by atoms with E-state index in [1.807, 2.05) is 24.3 Å². The van der Waals surface area contributed by atoms with Crippen LogP contribution in [0.2, 0.25) is 0 Å². The summed E-state index contributed by atoms with van der Waals surface area (Å²) < 4.78 is 33.5. The summed E-state index contributed by atoms with van der Waals surface area (Å²) in [5, 5.41) is 0. The number of nitrogens with two attached hydrogens (primary N) is 1. The highest BCUT2D eigenvalue weighted by Crippen LogP contribution is 2.25. The fourth-order valence-electron chi connectivity index (χ4n) is 1.77. The number of ether oxygens (including phenoxy) is 2. The molecular formula is C15H17NO4S. The Morgan fingerprint density at radius 1 is 1.10 bits per heavy atom. The Morgan fingerprint density at radius 3 is 2.29 bits per heavy atom. The Balaban J connectivity index is 2.09. The van der Waals surface area contributed by atoms with Crippen LogP contribution in [0.15, 0.2) is 47.4 Å². The minimum absolute atomic E-state index is 0.178. The second-order valence-electron chi connectivity index (χ2n) is 4.61. The van der Waals surface area contributed by atoms with Gasteiger partial charge in [-0.15, -0.1) is 0 Å². The first-order valence-electron chi connectivity index (χ1n) is 6.25. The van der Waals surface area contributed by atoms with Gasteiger partial charge in [0.2, 0.25) is 0 Å². The van der Waals surface area contributed by atoms with E-state index in [-0.39, 0.29) is 4.90 Å². The van der Waals surface area contributed by atoms with Crippen LogP contribution >= 0.6 is 0 Å². The predicted octanol–water partition coefficient (Wildman–Crippen LogP) is 2.26. The number of rotatable bonds is 5. The lowest BCUT2D eigenvalue weighted by atomic mass is 10.2. The quantitative estimate of drug-likeness (QED) is 0.857. The summed E-state index contributed by atoms with van der Waals surface area (Å²) in [6.07, 6.45) is 1.14. The molecule has 0 aliphatic carbocycles. The average molecular weight is 307 g/mol. The molecule has 0 unspecified atom stereocenters. The summed E-state index contributed by atoms with van der Waals surface area (Å²) >= 11 is 0. The van der Waals surface area contributed by atoms with Crippen LogP contribution in [-0.2, 0) is 16.4 Å². The molecule has 2 aromatic carbocycles. The smallest absolute Gasteiger partial charge is 0.175 e. The van der Waals surface area contributed by atoms with E-state index >= 15 is 0 Å². The highest BCUT2D eigenvalue weighted by Gasteiger charge is 2.10. The van der Waals surface area contributed by atoms with Gasteiger partial charge in [-0.2, -0.15) is 0 Å². The van der Waals surface area contributed by atoms with Crippen LogP contribution < -0.4 is 15.2 Å². The minimum atomic E-state index is -3.27. The molecule has 21 heavy (non-hydrogen) atoms. The van der Waals surface area contributed by atoms with Crippen molar-refractivity contribution in [3.05, 3.63) is 48.0 Å². The fraction of sp³-hybridized carbons (Fsp3) is 0.200. The Morgan fingerprint density at radius 2 is 1.76 bits per heavy atom. The lowest BCUT2D eigenvalue weighted by molar-refractivity contribution is 0.307. The number of anilines is 1. The van der Waals surface area contributed by atoms with Crippen LogP contribution in [0.4, 0.5) is 5.69 Å². The number of hydrogen-bond acceptors (Lipinski definition) is 5. The van der Waals surface area contributed by atoms with Gasteiger partial charge in [0.25, 0.3) is 0 Å². The predicted molar refractivity (Wildman–Crippen MR) is 81.3 cm³/mol. The standard InChI is InChI=1S/C15H17NO4S/c1-19-12-5-3-11(4-6-12)10-20-15-8-7-13(9-14(15)16)21(2,17)18/h3-9H,10,16H2,1-2H3. The van der Waals surface area contributed by atoms with E-state index in [0.29, 0.717) is 18.0 Å². The molecule has 2 aromatic rings. The first kappa shape index (κ1) is 15.2. The van der Waals surface area contributed by atoms with E-state index in [2.05, 4.69) is 0 Å². The highest BCUT2D eigenvalue weighted by atomic mass is 32.2. The molecule has 5 nitrogen and oxygen atoms in total. The zero-order valence-electron chi connectivity index (χ0n) is 11.9. The second-order valence-corrected chi connectivity index (χ2v) is 6.62. The molecule has 0 atom stereocenters. The lowest BCUT2D eigenvalue weighted by Gasteiger charge is -2.10. The van der Waals surface area contributed by atoms with Crippen molar-refractivity contribution in [2.75, 3.05) is 19.1 Å². The summed E-state index contributed by atoms with van der Waals surface area (Å²) in [5.41, 5.74) is 7.08. The Labute approximate surface area is 124 Å². The van der Waals surface area contributed by atoms with Gasteiger partial charge >= 0.3 is 0 Å². The maximum Gasteiger partial charge on any atom is 0.175 e. The zero-order valence-corrected chi connectivity index (χ0v) is 12.7. The second kappa shape index (κ2) is 6.05. The molecule has 0 radical (unpaired) electrons. The van der Waals surface area contributed by atoms with E-state index in [0.717, 1.165) is 17.6 Å². The number of hydrogen-bond donors (Lipinski definition) is 1. The van der Waals surface area contributed by atoms with Gasteiger partial charge < -0.3 is 15.2 Å². The largest absolute Gasteiger partial charge is 0.497 e. The third-order valence-corrected chi connectivity index (χ3v) is 4.07. The van der Waals surface area contributed by atoms with E-state index < -0.39 is 9.84 Å². The van der Waals surface area contributed by atoms with E-state index in [9.17, 15) is 8.42 Å². The summed E-state index contributed by atoms with van der Waals surface area (Å²) in [7, 11) is -1.66. The van der Waals surface area contributed by atoms with Crippen LogP contribution in [0.5, 0.6) is 11.5 Å². The fourth-order valence-corrected chi connectivity index (χ4v) is 2.43. The topological polar surface area (TPSA) is 78.6 Å². The molecule has 0 aliphatic heterocycles. The number of nitrogen functional groups attached to an aromatic ring is 1. The maximum absolute atomic E-state index is 11.4. The SMILES string of the molecule is COc1ccc(COc2ccc(S(C)(=O)=O)cc2N)cc1. The van der Waals surface area contributed by atoms with Gasteiger partial charge in [0.15, 0.2) is 9.84 Å². The molecule has 2 N–H and O–H groups in total. The maximum atomic E-state index is 11.4. The first-order valence-corrected chi connectivity index (χ1v) is 8.14. The monoisotopic (exact) mass is 307 g/mol. The molecule has 0 bridgehead atoms. The minimum Gasteiger partial charge on any atom is -0.497 e. The number of methoxy groups -OCH3 is 1. The third-order valence-electron chi connectivity index (χ3n) is 2.96. The summed E-state index contributed by atoms with van der Waals surface area (Å²) in [4.78, 5) is 0.178. The molecule has 0 aromatic heterocycles. The van der Waals surface area contributed by atoms with Gasteiger partial charge in [0.05, 0.1) is 17.7 Å². The molecule has 0 amide bonds. The molecule has 2 rings (SSSR count). The van der Waals surface area contributed by atoms with Crippen molar-refractivity contribution in [3.63, 3.8) is 0 Å². The van der Waals surface area contributed by atoms with Crippen molar-refractivity contribution in [1.82, 2.24) is 0 Å². The summed E-state index contributed by atoms with van der Waals surface area (Å²) in [6.45, 7) is 0.340. The Kier molecular flexibility index (Phi) is 4.37. The molecule has 6 heteroatoms. The first-order chi connectivity index (χ1) is 9.90. The van der Waals surface area contributed by atoms with Crippen molar-refractivity contribution < 1.29 is 17.9 Å². The van der Waals surface area contributed by atoms with E-state index in [4.69, 9.17) is 15.2 Å². The normalized spacial score (nSPS) is 11.1. The zero-order chi connectivity index (χ0) is 15.5. The van der Waals surface area contributed by atoms with Crippen LogP contribution in [0.1, 0.15) is 5.56 Å². The molecule has 112 valence electrons. The van der Waals surface area contributed by atoms with Gasteiger partial charge in [0.1, 0.15) is 18.1 Å². The van der Waals surface area contributed by atoms with Crippen molar-refractivity contribution in [1.29, 1.82) is 0 Å². The van der Waals surface area contributed by atoms with Crippen LogP contribution in [0, 0.1) is 0 Å². The molecular weight excluding hydrogens is 290 g/mol. The average Bonchev–Trinajstić information content (AvgIpc) is 2.45. The van der Waals surface area contributed by atoms with E-state index in [1.54, 1.807) is 13.2 Å². The lowest BCUT2D eigenvalue weighted by Crippen LogP contribution is -2.02. The molecule has 0 saturated carbocycles. The molecule has 0 heterocycles. The molecule has 0 fully saturated rings. The summed E-state index contributed by atoms with van der Waals surface area (Å²) in [5.74, 6) is 1.23. The van der Waals surface area contributed by atoms with Crippen LogP contribution in [0.3, 0.4) is 0 Å². The van der Waals surface area contributed by atoms with Crippen molar-refractivity contribution >= 4 is 15.5 Å². The molecule has 0 spiro atoms. The van der Waals surface area contributed by atoms with Gasteiger partial charge in [0, 0.05) is 6.26 Å². The van der Waals surface area contributed by atoms with Crippen LogP contribution in [0.25, 0.3) is 0 Å². The summed E-state index contributed by atoms with van der Waals surface area (Å²) in [6, 6.07) is 11.9. The van der Waals surface area contributed by atoms with Gasteiger partial charge in [-0.1, -0.05) is 12.1 Å². The molecule has 0 aliphatic rings. The number of benzene rings is 2. The van der Waals surface area contributed by atoms with E-state index in [1.165, 1.54) is 12.1 Å². The molecule has 0 saturated heterocycles. The Hall–Kier alpha value is -2.21. The van der Waals surface area contributed by atoms with Gasteiger partial charge in [-0.25, -0.2) is 8.42 Å². The van der Waals surface area contributed by atoms with Gasteiger partial charge in [-0.3, -0.25) is 0 Å². The third kappa shape index (κ3) is 3.88. The van der Waals surface area contributed by atoms with Crippen LogP contribution in [-0.4, -0.2) is 21.8 Å². The van der Waals surface area contributed by atoms with Crippen molar-refractivity contribution in [3.8, 4) is 11.5 Å². The highest BCUT2D eigenvalue weighted by molar-refractivity contribution is 7.90.